The highest BCUT2D eigenvalue weighted by molar-refractivity contribution is 6.24. The van der Waals surface area contributed by atoms with Crippen LogP contribution in [0.25, 0.3) is 11.6 Å². The molecule has 4 heteroatoms. The molecule has 0 aliphatic carbocycles. The number of hydrogen-bond acceptors (Lipinski definition) is 3. The van der Waals surface area contributed by atoms with Crippen molar-refractivity contribution < 1.29 is 14.3 Å². The summed E-state index contributed by atoms with van der Waals surface area (Å²) in [5.74, 6) is 0.707. The van der Waals surface area contributed by atoms with E-state index in [0.29, 0.717) is 12.1 Å². The van der Waals surface area contributed by atoms with E-state index in [0.717, 1.165) is 36.3 Å². The lowest BCUT2D eigenvalue weighted by atomic mass is 10.0. The largest absolute Gasteiger partial charge is 0.497 e. The molecule has 1 fully saturated rings. The lowest BCUT2D eigenvalue weighted by Crippen LogP contribution is -2.32. The van der Waals surface area contributed by atoms with Gasteiger partial charge in [-0.15, -0.1) is 0 Å². The molecule has 1 atom stereocenters. The minimum absolute atomic E-state index is 0.0856. The number of carbonyl (C=O) groups excluding carboxylic acids is 1. The monoisotopic (exact) mass is 337 g/mol. The lowest BCUT2D eigenvalue weighted by molar-refractivity contribution is -0.116. The first-order chi connectivity index (χ1) is 12.3. The van der Waals surface area contributed by atoms with Gasteiger partial charge in [0.15, 0.2) is 0 Å². The highest BCUT2D eigenvalue weighted by atomic mass is 16.5. The van der Waals surface area contributed by atoms with Crippen LogP contribution in [0.1, 0.15) is 24.0 Å². The van der Waals surface area contributed by atoms with E-state index in [-0.39, 0.29) is 12.0 Å². The number of nitrogens with one attached hydrogen (secondary N) is 1. The summed E-state index contributed by atoms with van der Waals surface area (Å²) in [7, 11) is 1.64. The van der Waals surface area contributed by atoms with E-state index in [1.165, 1.54) is 0 Å². The van der Waals surface area contributed by atoms with Crippen molar-refractivity contribution in [3.05, 3.63) is 65.7 Å². The average molecular weight is 337 g/mol. The van der Waals surface area contributed by atoms with Gasteiger partial charge in [-0.05, 0) is 42.2 Å². The van der Waals surface area contributed by atoms with Crippen LogP contribution in [0.4, 0.5) is 0 Å². The predicted molar refractivity (Wildman–Crippen MR) is 99.3 cm³/mol. The van der Waals surface area contributed by atoms with Gasteiger partial charge in [-0.1, -0.05) is 42.5 Å². The van der Waals surface area contributed by atoms with Gasteiger partial charge in [-0.2, -0.15) is 0 Å². The van der Waals surface area contributed by atoms with E-state index in [4.69, 9.17) is 9.47 Å². The van der Waals surface area contributed by atoms with Gasteiger partial charge >= 0.3 is 0 Å². The number of amides is 1. The normalized spacial score (nSPS) is 17.3. The highest BCUT2D eigenvalue weighted by Crippen LogP contribution is 2.21. The first-order valence-corrected chi connectivity index (χ1v) is 8.57. The van der Waals surface area contributed by atoms with Crippen molar-refractivity contribution in [2.24, 2.45) is 0 Å². The average Bonchev–Trinajstić information content (AvgIpc) is 3.19. The SMILES string of the molecule is COc1ccc(/C=C(\C(=O)NCC2CCCO2)c2ccccc2)cc1. The standard InChI is InChI=1S/C21H23NO3/c1-24-18-11-9-16(10-12-18)14-20(17-6-3-2-4-7-17)21(23)22-15-19-8-5-13-25-19/h2-4,6-7,9-12,14,19H,5,8,13,15H2,1H3,(H,22,23)/b20-14-. The second-order valence-electron chi connectivity index (χ2n) is 6.04. The molecule has 2 aromatic rings. The van der Waals surface area contributed by atoms with E-state index in [1.807, 2.05) is 60.7 Å². The Kier molecular flexibility index (Phi) is 5.86. The Morgan fingerprint density at radius 3 is 2.60 bits per heavy atom. The van der Waals surface area contributed by atoms with Crippen molar-refractivity contribution in [3.8, 4) is 5.75 Å². The molecule has 0 aromatic heterocycles. The fourth-order valence-electron chi connectivity index (χ4n) is 2.87. The minimum Gasteiger partial charge on any atom is -0.497 e. The molecule has 2 aromatic carbocycles. The van der Waals surface area contributed by atoms with Crippen molar-refractivity contribution in [2.75, 3.05) is 20.3 Å². The maximum Gasteiger partial charge on any atom is 0.252 e. The fraction of sp³-hybridized carbons (Fsp3) is 0.286. The molecule has 0 saturated carbocycles. The third-order valence-electron chi connectivity index (χ3n) is 4.27. The van der Waals surface area contributed by atoms with Crippen LogP contribution in [0.5, 0.6) is 5.75 Å². The van der Waals surface area contributed by atoms with Crippen molar-refractivity contribution in [1.29, 1.82) is 0 Å². The Balaban J connectivity index is 1.81. The maximum atomic E-state index is 12.8. The molecule has 1 N–H and O–H groups in total. The Morgan fingerprint density at radius 1 is 1.20 bits per heavy atom. The van der Waals surface area contributed by atoms with Crippen molar-refractivity contribution in [3.63, 3.8) is 0 Å². The molecule has 1 aliphatic heterocycles. The molecule has 1 amide bonds. The topological polar surface area (TPSA) is 47.6 Å². The summed E-state index contributed by atoms with van der Waals surface area (Å²) < 4.78 is 10.8. The van der Waals surface area contributed by atoms with Gasteiger partial charge in [0.2, 0.25) is 0 Å². The summed E-state index contributed by atoms with van der Waals surface area (Å²) in [4.78, 5) is 12.8. The van der Waals surface area contributed by atoms with E-state index < -0.39 is 0 Å². The number of benzene rings is 2. The molecule has 1 unspecified atom stereocenters. The zero-order valence-electron chi connectivity index (χ0n) is 14.4. The molecule has 130 valence electrons. The van der Waals surface area contributed by atoms with E-state index in [1.54, 1.807) is 7.11 Å². The molecule has 0 bridgehead atoms. The van der Waals surface area contributed by atoms with Crippen LogP contribution in [0, 0.1) is 0 Å². The Labute approximate surface area is 148 Å². The Bertz CT molecular complexity index is 717. The third-order valence-corrected chi connectivity index (χ3v) is 4.27. The van der Waals surface area contributed by atoms with Gasteiger partial charge in [0.1, 0.15) is 5.75 Å². The van der Waals surface area contributed by atoms with E-state index in [2.05, 4.69) is 5.32 Å². The second-order valence-corrected chi connectivity index (χ2v) is 6.04. The number of ether oxygens (including phenoxy) is 2. The minimum atomic E-state index is -0.0856. The maximum absolute atomic E-state index is 12.8. The van der Waals surface area contributed by atoms with Crippen LogP contribution in [0.2, 0.25) is 0 Å². The fourth-order valence-corrected chi connectivity index (χ4v) is 2.87. The molecule has 1 aliphatic rings. The molecule has 1 heterocycles. The Hall–Kier alpha value is -2.59. The smallest absolute Gasteiger partial charge is 0.252 e. The summed E-state index contributed by atoms with van der Waals surface area (Å²) in [5, 5.41) is 3.01. The molecule has 25 heavy (non-hydrogen) atoms. The summed E-state index contributed by atoms with van der Waals surface area (Å²) in [6.45, 7) is 1.33. The Morgan fingerprint density at radius 2 is 1.96 bits per heavy atom. The molecule has 0 spiro atoms. The zero-order chi connectivity index (χ0) is 17.5. The van der Waals surface area contributed by atoms with Crippen LogP contribution in [0.3, 0.4) is 0 Å². The zero-order valence-corrected chi connectivity index (χ0v) is 14.4. The summed E-state index contributed by atoms with van der Waals surface area (Å²) in [5.41, 5.74) is 2.49. The van der Waals surface area contributed by atoms with E-state index >= 15 is 0 Å². The summed E-state index contributed by atoms with van der Waals surface area (Å²) in [6.07, 6.45) is 4.10. The van der Waals surface area contributed by atoms with E-state index in [9.17, 15) is 4.79 Å². The van der Waals surface area contributed by atoms with Crippen LogP contribution >= 0.6 is 0 Å². The van der Waals surface area contributed by atoms with Gasteiger partial charge in [0.25, 0.3) is 5.91 Å². The first kappa shape index (κ1) is 17.2. The number of rotatable bonds is 6. The predicted octanol–water partition coefficient (Wildman–Crippen LogP) is 3.53. The quantitative estimate of drug-likeness (QED) is 0.648. The van der Waals surface area contributed by atoms with Crippen LogP contribution in [-0.4, -0.2) is 32.3 Å². The van der Waals surface area contributed by atoms with Gasteiger partial charge in [-0.3, -0.25) is 4.79 Å². The molecule has 4 nitrogen and oxygen atoms in total. The molecular weight excluding hydrogens is 314 g/mol. The van der Waals surface area contributed by atoms with Gasteiger partial charge < -0.3 is 14.8 Å². The highest BCUT2D eigenvalue weighted by Gasteiger charge is 2.18. The van der Waals surface area contributed by atoms with Crippen molar-refractivity contribution in [1.82, 2.24) is 5.32 Å². The second kappa shape index (κ2) is 8.49. The van der Waals surface area contributed by atoms with Crippen LogP contribution < -0.4 is 10.1 Å². The van der Waals surface area contributed by atoms with Gasteiger partial charge in [-0.25, -0.2) is 0 Å². The number of hydrogen-bond donors (Lipinski definition) is 1. The number of carbonyl (C=O) groups is 1. The third kappa shape index (κ3) is 4.70. The first-order valence-electron chi connectivity index (χ1n) is 8.57. The van der Waals surface area contributed by atoms with Crippen LogP contribution in [0.15, 0.2) is 54.6 Å². The lowest BCUT2D eigenvalue weighted by Gasteiger charge is -2.13. The van der Waals surface area contributed by atoms with Crippen LogP contribution in [-0.2, 0) is 9.53 Å². The summed E-state index contributed by atoms with van der Waals surface area (Å²) >= 11 is 0. The van der Waals surface area contributed by atoms with Gasteiger partial charge in [0.05, 0.1) is 13.2 Å². The molecule has 1 saturated heterocycles. The summed E-state index contributed by atoms with van der Waals surface area (Å²) in [6, 6.07) is 17.4. The number of methoxy groups -OCH3 is 1. The molecular formula is C21H23NO3. The molecule has 3 rings (SSSR count). The molecule has 0 radical (unpaired) electrons. The van der Waals surface area contributed by atoms with Crippen molar-refractivity contribution in [2.45, 2.75) is 18.9 Å². The van der Waals surface area contributed by atoms with Crippen molar-refractivity contribution >= 4 is 17.6 Å². The van der Waals surface area contributed by atoms with Gasteiger partial charge in [0, 0.05) is 18.7 Å².